The molecule has 1 aromatic carbocycles. The second-order valence-corrected chi connectivity index (χ2v) is 10.2. The van der Waals surface area contributed by atoms with Crippen molar-refractivity contribution in [1.29, 1.82) is 0 Å². The average Bonchev–Trinajstić information content (AvgIpc) is 3.25. The highest BCUT2D eigenvalue weighted by molar-refractivity contribution is 6.11. The van der Waals surface area contributed by atoms with Crippen molar-refractivity contribution in [1.82, 2.24) is 9.78 Å². The Morgan fingerprint density at radius 1 is 0.932 bits per heavy atom. The zero-order valence-electron chi connectivity index (χ0n) is 25.6. The Kier molecular flexibility index (Phi) is 11.0. The van der Waals surface area contributed by atoms with Gasteiger partial charge < -0.3 is 33.2 Å². The molecule has 1 aromatic heterocycles. The summed E-state index contributed by atoms with van der Waals surface area (Å²) >= 11 is 0. The molecule has 0 amide bonds. The summed E-state index contributed by atoms with van der Waals surface area (Å²) in [7, 11) is 1.29. The number of aromatic nitrogens is 2. The largest absolute Gasteiger partial charge is 0.494 e. The van der Waals surface area contributed by atoms with Gasteiger partial charge in [-0.3, -0.25) is 28.7 Å². The molecule has 0 radical (unpaired) electrons. The van der Waals surface area contributed by atoms with Gasteiger partial charge in [0.05, 0.1) is 12.8 Å². The number of rotatable bonds is 11. The Morgan fingerprint density at radius 2 is 1.52 bits per heavy atom. The number of ether oxygens (including phenoxy) is 7. The lowest BCUT2D eigenvalue weighted by Crippen LogP contribution is -2.63. The van der Waals surface area contributed by atoms with Crippen molar-refractivity contribution < 1.29 is 61.5 Å². The number of methoxy groups -OCH3 is 1. The van der Waals surface area contributed by atoms with Gasteiger partial charge >= 0.3 is 23.9 Å². The van der Waals surface area contributed by atoms with Crippen LogP contribution in [0.3, 0.4) is 0 Å². The number of hydrogen-bond acceptors (Lipinski definition) is 13. The molecule has 0 N–H and O–H groups in total. The Morgan fingerprint density at radius 3 is 2.05 bits per heavy atom. The number of carbonyl (C=O) groups excluding carboxylic acids is 5. The van der Waals surface area contributed by atoms with Gasteiger partial charge in [-0.1, -0.05) is 0 Å². The molecular formula is C29H35FN2O12. The summed E-state index contributed by atoms with van der Waals surface area (Å²) in [6.07, 6.45) is -7.38. The summed E-state index contributed by atoms with van der Waals surface area (Å²) in [6.45, 7) is 9.15. The number of nitrogens with zero attached hydrogens (tertiary/aromatic N) is 2. The number of benzene rings is 1. The predicted molar refractivity (Wildman–Crippen MR) is 146 cm³/mol. The van der Waals surface area contributed by atoms with E-state index in [1.807, 2.05) is 0 Å². The smallest absolute Gasteiger partial charge is 0.303 e. The van der Waals surface area contributed by atoms with Crippen LogP contribution >= 0.6 is 0 Å². The first kappa shape index (κ1) is 34.0. The third-order valence-corrected chi connectivity index (χ3v) is 6.42. The quantitative estimate of drug-likeness (QED) is 0.204. The van der Waals surface area contributed by atoms with E-state index in [2.05, 4.69) is 5.10 Å². The molecule has 14 nitrogen and oxygen atoms in total. The van der Waals surface area contributed by atoms with E-state index in [-0.39, 0.29) is 28.8 Å². The fraction of sp³-hybridized carbons (Fsp3) is 0.517. The van der Waals surface area contributed by atoms with Crippen LogP contribution in [-0.4, -0.2) is 83.9 Å². The van der Waals surface area contributed by atoms with Crippen LogP contribution in [0, 0.1) is 12.7 Å². The molecule has 3 rings (SSSR count). The first-order valence-electron chi connectivity index (χ1n) is 13.6. The van der Waals surface area contributed by atoms with E-state index >= 15 is 0 Å². The van der Waals surface area contributed by atoms with E-state index < -0.39 is 72.8 Å². The maximum atomic E-state index is 14.5. The number of halogens is 1. The van der Waals surface area contributed by atoms with E-state index in [0.29, 0.717) is 5.69 Å². The van der Waals surface area contributed by atoms with Gasteiger partial charge in [0, 0.05) is 39.3 Å². The van der Waals surface area contributed by atoms with E-state index in [9.17, 15) is 28.4 Å². The minimum absolute atomic E-state index is 0.0406. The summed E-state index contributed by atoms with van der Waals surface area (Å²) < 4.78 is 54.4. The average molecular weight is 623 g/mol. The van der Waals surface area contributed by atoms with Gasteiger partial charge in [-0.2, -0.15) is 0 Å². The van der Waals surface area contributed by atoms with Gasteiger partial charge in [0.15, 0.2) is 29.6 Å². The van der Waals surface area contributed by atoms with Gasteiger partial charge in [0.2, 0.25) is 18.3 Å². The highest BCUT2D eigenvalue weighted by Gasteiger charge is 2.54. The molecule has 1 aliphatic heterocycles. The first-order valence-corrected chi connectivity index (χ1v) is 13.6. The molecule has 0 unspecified atom stereocenters. The molecule has 1 aliphatic rings. The maximum absolute atomic E-state index is 14.5. The Hall–Kier alpha value is -4.53. The predicted octanol–water partition coefficient (Wildman–Crippen LogP) is 2.61. The molecule has 240 valence electrons. The Labute approximate surface area is 252 Å². The van der Waals surface area contributed by atoms with Crippen LogP contribution < -0.4 is 9.47 Å². The van der Waals surface area contributed by atoms with Gasteiger partial charge in [-0.25, -0.2) is 4.39 Å². The highest BCUT2D eigenvalue weighted by Crippen LogP contribution is 2.34. The van der Waals surface area contributed by atoms with E-state index in [0.717, 1.165) is 33.8 Å². The zero-order valence-corrected chi connectivity index (χ0v) is 25.6. The van der Waals surface area contributed by atoms with Crippen molar-refractivity contribution in [3.8, 4) is 11.6 Å². The minimum Gasteiger partial charge on any atom is -0.494 e. The fourth-order valence-corrected chi connectivity index (χ4v) is 4.68. The summed E-state index contributed by atoms with van der Waals surface area (Å²) in [5, 5.41) is 4.43. The monoisotopic (exact) mass is 622 g/mol. The number of ketones is 1. The molecular weight excluding hydrogens is 587 g/mol. The van der Waals surface area contributed by atoms with Gasteiger partial charge in [-0.15, -0.1) is 5.10 Å². The van der Waals surface area contributed by atoms with Crippen molar-refractivity contribution in [3.63, 3.8) is 0 Å². The van der Waals surface area contributed by atoms with Crippen molar-refractivity contribution in [3.05, 3.63) is 40.8 Å². The van der Waals surface area contributed by atoms with Crippen LogP contribution in [0.5, 0.6) is 11.6 Å². The minimum atomic E-state index is -1.63. The van der Waals surface area contributed by atoms with Crippen LogP contribution in [0.1, 0.15) is 69.2 Å². The van der Waals surface area contributed by atoms with Gasteiger partial charge in [0.1, 0.15) is 18.3 Å². The van der Waals surface area contributed by atoms with E-state index in [4.69, 9.17) is 33.2 Å². The van der Waals surface area contributed by atoms with E-state index in [1.54, 1.807) is 20.8 Å². The van der Waals surface area contributed by atoms with Crippen molar-refractivity contribution in [2.45, 2.75) is 85.2 Å². The third kappa shape index (κ3) is 7.89. The maximum Gasteiger partial charge on any atom is 0.303 e. The summed E-state index contributed by atoms with van der Waals surface area (Å²) in [5.74, 6) is -4.92. The van der Waals surface area contributed by atoms with Crippen LogP contribution in [-0.2, 0) is 42.9 Å². The Bertz CT molecular complexity index is 1420. The van der Waals surface area contributed by atoms with Gasteiger partial charge in [-0.05, 0) is 39.0 Å². The van der Waals surface area contributed by atoms with Crippen LogP contribution in [0.4, 0.5) is 4.39 Å². The second-order valence-electron chi connectivity index (χ2n) is 10.2. The number of carbonyl (C=O) groups is 5. The molecule has 0 saturated carbocycles. The third-order valence-electron chi connectivity index (χ3n) is 6.42. The molecule has 1 saturated heterocycles. The topological polar surface area (TPSA) is 168 Å². The molecule has 2 aromatic rings. The molecule has 5 atom stereocenters. The molecule has 15 heteroatoms. The molecule has 0 bridgehead atoms. The lowest BCUT2D eigenvalue weighted by Gasteiger charge is -2.43. The van der Waals surface area contributed by atoms with Crippen molar-refractivity contribution in [2.75, 3.05) is 13.7 Å². The van der Waals surface area contributed by atoms with Crippen LogP contribution in [0.15, 0.2) is 18.2 Å². The molecule has 44 heavy (non-hydrogen) atoms. The molecule has 0 aliphatic carbocycles. The summed E-state index contributed by atoms with van der Waals surface area (Å²) in [5.41, 5.74) is 0.263. The first-order chi connectivity index (χ1) is 20.6. The second kappa shape index (κ2) is 14.3. The normalized spacial score (nSPS) is 21.3. The molecule has 0 spiro atoms. The lowest BCUT2D eigenvalue weighted by molar-refractivity contribution is -0.289. The highest BCUT2D eigenvalue weighted by atomic mass is 19.1. The van der Waals surface area contributed by atoms with Crippen LogP contribution in [0.25, 0.3) is 0 Å². The number of esters is 4. The SMILES string of the molecule is COc1ccc(C(=O)c2c(O[C@@H]3O[C@H](COC(C)=O)[C@@H](OC(C)=O)[C@H](OC(C)=O)[C@H]3OC(C)=O)nn(C(C)C)c2C)cc1F. The molecule has 2 heterocycles. The van der Waals surface area contributed by atoms with Crippen molar-refractivity contribution in [2.24, 2.45) is 0 Å². The van der Waals surface area contributed by atoms with Crippen molar-refractivity contribution >= 4 is 29.7 Å². The van der Waals surface area contributed by atoms with E-state index in [1.165, 1.54) is 23.9 Å². The summed E-state index contributed by atoms with van der Waals surface area (Å²) in [6, 6.07) is 3.41. The standard InChI is InChI=1S/C29H35FN2O12/c1-13(2)32-14(3)23(24(37)19-9-10-21(38-8)20(30)11-19)28(31-32)44-29-27(42-18(7)36)26(41-17(6)35)25(40-16(5)34)22(43-29)12-39-15(4)33/h9-11,13,22,25-27,29H,12H2,1-8H3/t22-,25-,26+,27-,29+/m1/s1. The Balaban J connectivity index is 2.15. The zero-order chi connectivity index (χ0) is 32.9. The van der Waals surface area contributed by atoms with Gasteiger partial charge in [0.25, 0.3) is 0 Å². The number of hydrogen-bond donors (Lipinski definition) is 0. The molecule has 1 fully saturated rings. The lowest BCUT2D eigenvalue weighted by atomic mass is 9.98. The fourth-order valence-electron chi connectivity index (χ4n) is 4.68. The summed E-state index contributed by atoms with van der Waals surface area (Å²) in [4.78, 5) is 61.7. The van der Waals surface area contributed by atoms with Crippen LogP contribution in [0.2, 0.25) is 0 Å².